The lowest BCUT2D eigenvalue weighted by Crippen LogP contribution is -2.32. The number of aliphatic carboxylic acids is 1. The van der Waals surface area contributed by atoms with E-state index in [0.717, 1.165) is 22.3 Å². The number of ether oxygens (including phenoxy) is 1. The summed E-state index contributed by atoms with van der Waals surface area (Å²) in [6.45, 7) is 3.46. The fourth-order valence-electron chi connectivity index (χ4n) is 4.07. The van der Waals surface area contributed by atoms with Gasteiger partial charge in [-0.3, -0.25) is 9.59 Å². The van der Waals surface area contributed by atoms with Crippen molar-refractivity contribution < 1.29 is 28.8 Å². The fraction of sp³-hybridized carbons (Fsp3) is 0.308. The van der Waals surface area contributed by atoms with Crippen LogP contribution < -0.4 is 10.6 Å². The summed E-state index contributed by atoms with van der Waals surface area (Å²) >= 11 is 0. The minimum atomic E-state index is -0.962. The molecule has 0 saturated heterocycles. The van der Waals surface area contributed by atoms with Gasteiger partial charge in [-0.15, -0.1) is 0 Å². The number of aromatic nitrogens is 1. The summed E-state index contributed by atoms with van der Waals surface area (Å²) in [6, 6.07) is 16.1. The Morgan fingerprint density at radius 1 is 1.03 bits per heavy atom. The maximum atomic E-state index is 12.5. The molecule has 182 valence electrons. The molecule has 0 fully saturated rings. The summed E-state index contributed by atoms with van der Waals surface area (Å²) in [5, 5.41) is 18.2. The van der Waals surface area contributed by atoms with Crippen LogP contribution in [0.25, 0.3) is 11.1 Å². The molecule has 0 saturated carbocycles. The Kier molecular flexibility index (Phi) is 6.86. The predicted molar refractivity (Wildman–Crippen MR) is 127 cm³/mol. The number of carbonyl (C=O) groups excluding carboxylic acids is 2. The van der Waals surface area contributed by atoms with Gasteiger partial charge in [0.25, 0.3) is 5.91 Å². The van der Waals surface area contributed by atoms with Crippen molar-refractivity contribution in [3.63, 3.8) is 0 Å². The first-order chi connectivity index (χ1) is 16.8. The monoisotopic (exact) mass is 477 g/mol. The number of hydrogen-bond acceptors (Lipinski definition) is 6. The molecule has 0 aliphatic heterocycles. The van der Waals surface area contributed by atoms with Gasteiger partial charge in [-0.1, -0.05) is 53.7 Å². The molecule has 3 N–H and O–H groups in total. The second-order valence-corrected chi connectivity index (χ2v) is 9.05. The van der Waals surface area contributed by atoms with E-state index in [-0.39, 0.29) is 43.3 Å². The third kappa shape index (κ3) is 5.18. The molecule has 0 unspecified atom stereocenters. The van der Waals surface area contributed by atoms with Gasteiger partial charge < -0.3 is 25.0 Å². The molecule has 1 aromatic heterocycles. The number of carboxylic acid groups (broad SMARTS) is 1. The van der Waals surface area contributed by atoms with Gasteiger partial charge >= 0.3 is 12.1 Å². The average Bonchev–Trinajstić information content (AvgIpc) is 3.44. The Morgan fingerprint density at radius 2 is 1.66 bits per heavy atom. The van der Waals surface area contributed by atoms with Crippen LogP contribution in [-0.2, 0) is 16.1 Å². The number of nitrogens with one attached hydrogen (secondary N) is 2. The van der Waals surface area contributed by atoms with Crippen LogP contribution in [0.2, 0.25) is 0 Å². The second kappa shape index (κ2) is 10.0. The largest absolute Gasteiger partial charge is 0.481 e. The molecule has 9 nitrogen and oxygen atoms in total. The third-order valence-corrected chi connectivity index (χ3v) is 6.25. The fourth-order valence-corrected chi connectivity index (χ4v) is 4.07. The lowest BCUT2D eigenvalue weighted by molar-refractivity contribution is -0.147. The van der Waals surface area contributed by atoms with E-state index in [1.165, 1.54) is 6.26 Å². The highest BCUT2D eigenvalue weighted by Crippen LogP contribution is 2.44. The van der Waals surface area contributed by atoms with Gasteiger partial charge in [-0.05, 0) is 42.5 Å². The van der Waals surface area contributed by atoms with Gasteiger partial charge in [-0.2, -0.15) is 0 Å². The molecule has 0 radical (unpaired) electrons. The van der Waals surface area contributed by atoms with Crippen LogP contribution in [0.4, 0.5) is 4.79 Å². The number of nitrogens with zero attached hydrogens (tertiary/aromatic N) is 1. The van der Waals surface area contributed by atoms with Crippen molar-refractivity contribution in [2.45, 2.75) is 32.7 Å². The molecule has 1 heterocycles. The molecule has 3 aromatic rings. The molecule has 35 heavy (non-hydrogen) atoms. The van der Waals surface area contributed by atoms with Crippen molar-refractivity contribution in [3.05, 3.63) is 77.2 Å². The Balaban J connectivity index is 1.30. The Bertz CT molecular complexity index is 1200. The van der Waals surface area contributed by atoms with Gasteiger partial charge in [0.1, 0.15) is 24.1 Å². The zero-order chi connectivity index (χ0) is 25.0. The van der Waals surface area contributed by atoms with E-state index in [1.54, 1.807) is 13.8 Å². The average molecular weight is 478 g/mol. The third-order valence-electron chi connectivity index (χ3n) is 6.25. The van der Waals surface area contributed by atoms with E-state index in [4.69, 9.17) is 9.26 Å². The number of hydrogen-bond donors (Lipinski definition) is 3. The smallest absolute Gasteiger partial charge is 0.407 e. The zero-order valence-corrected chi connectivity index (χ0v) is 19.5. The molecule has 2 amide bonds. The van der Waals surface area contributed by atoms with E-state index < -0.39 is 23.4 Å². The molecular formula is C26H27N3O6. The zero-order valence-electron chi connectivity index (χ0n) is 19.5. The number of carboxylic acids is 1. The number of fused-ring (bicyclic) bond motifs is 3. The van der Waals surface area contributed by atoms with Gasteiger partial charge in [0.05, 0.1) is 12.0 Å². The van der Waals surface area contributed by atoms with Crippen molar-refractivity contribution in [3.8, 4) is 11.1 Å². The number of alkyl carbamates (subject to hydrolysis) is 1. The normalized spacial score (nSPS) is 12.5. The molecule has 0 spiro atoms. The van der Waals surface area contributed by atoms with E-state index in [1.807, 2.05) is 36.4 Å². The van der Waals surface area contributed by atoms with Crippen molar-refractivity contribution in [2.75, 3.05) is 13.2 Å². The summed E-state index contributed by atoms with van der Waals surface area (Å²) in [5.41, 5.74) is 3.96. The van der Waals surface area contributed by atoms with E-state index in [9.17, 15) is 19.5 Å². The summed E-state index contributed by atoms with van der Waals surface area (Å²) < 4.78 is 10.4. The Morgan fingerprint density at radius 3 is 2.29 bits per heavy atom. The van der Waals surface area contributed by atoms with E-state index >= 15 is 0 Å². The number of rotatable bonds is 9. The van der Waals surface area contributed by atoms with Crippen molar-refractivity contribution in [2.24, 2.45) is 5.41 Å². The standard InChI is InChI=1S/C26H27N3O6/c1-26(2,24(31)32)11-12-27-23(30)21-15-35-29-22(21)13-28-25(33)34-14-20-18-9-5-3-7-16(18)17-8-4-6-10-19(17)20/h3-10,15,20H,11-14H2,1-2H3,(H,27,30)(H,28,33)(H,31,32). The molecule has 1 aliphatic carbocycles. The topological polar surface area (TPSA) is 131 Å². The minimum Gasteiger partial charge on any atom is -0.481 e. The molecular weight excluding hydrogens is 450 g/mol. The van der Waals surface area contributed by atoms with Crippen molar-refractivity contribution in [1.82, 2.24) is 15.8 Å². The van der Waals surface area contributed by atoms with Crippen LogP contribution in [0.5, 0.6) is 0 Å². The summed E-state index contributed by atoms with van der Waals surface area (Å²) in [5.74, 6) is -1.46. The predicted octanol–water partition coefficient (Wildman–Crippen LogP) is 3.94. The minimum absolute atomic E-state index is 0.0587. The molecule has 0 bridgehead atoms. The van der Waals surface area contributed by atoms with E-state index in [2.05, 4.69) is 27.9 Å². The lowest BCUT2D eigenvalue weighted by Gasteiger charge is -2.18. The Hall–Kier alpha value is -4.14. The summed E-state index contributed by atoms with van der Waals surface area (Å²) in [4.78, 5) is 36.1. The molecule has 9 heteroatoms. The van der Waals surface area contributed by atoms with Gasteiger partial charge in [0.2, 0.25) is 0 Å². The van der Waals surface area contributed by atoms with E-state index in [0.29, 0.717) is 0 Å². The molecule has 4 rings (SSSR count). The number of amides is 2. The number of benzene rings is 2. The highest BCUT2D eigenvalue weighted by atomic mass is 16.5. The summed E-state index contributed by atoms with van der Waals surface area (Å²) in [6.07, 6.45) is 0.809. The summed E-state index contributed by atoms with van der Waals surface area (Å²) in [7, 11) is 0. The number of carbonyl (C=O) groups is 3. The maximum absolute atomic E-state index is 12.5. The Labute approximate surface area is 202 Å². The SMILES string of the molecule is CC(C)(CCNC(=O)c1conc1CNC(=O)OCC1c2ccccc2-c2ccccc21)C(=O)O. The first-order valence-corrected chi connectivity index (χ1v) is 11.3. The highest BCUT2D eigenvalue weighted by Gasteiger charge is 2.29. The van der Waals surface area contributed by atoms with Crippen LogP contribution >= 0.6 is 0 Å². The van der Waals surface area contributed by atoms with Gasteiger partial charge in [0, 0.05) is 12.5 Å². The molecule has 0 atom stereocenters. The van der Waals surface area contributed by atoms with Crippen LogP contribution in [0.15, 0.2) is 59.3 Å². The van der Waals surface area contributed by atoms with Crippen LogP contribution in [-0.4, -0.2) is 41.4 Å². The van der Waals surface area contributed by atoms with Crippen LogP contribution in [0, 0.1) is 5.41 Å². The maximum Gasteiger partial charge on any atom is 0.407 e. The van der Waals surface area contributed by atoms with Crippen molar-refractivity contribution in [1.29, 1.82) is 0 Å². The van der Waals surface area contributed by atoms with Crippen molar-refractivity contribution >= 4 is 18.0 Å². The lowest BCUT2D eigenvalue weighted by atomic mass is 9.90. The first-order valence-electron chi connectivity index (χ1n) is 11.3. The van der Waals surface area contributed by atoms with Crippen LogP contribution in [0.1, 0.15) is 53.4 Å². The highest BCUT2D eigenvalue weighted by molar-refractivity contribution is 5.95. The molecule has 2 aromatic carbocycles. The first kappa shape index (κ1) is 24.0. The second-order valence-electron chi connectivity index (χ2n) is 9.05. The quantitative estimate of drug-likeness (QED) is 0.425. The van der Waals surface area contributed by atoms with Gasteiger partial charge in [-0.25, -0.2) is 4.79 Å². The van der Waals surface area contributed by atoms with Crippen LogP contribution in [0.3, 0.4) is 0 Å². The molecule has 1 aliphatic rings. The van der Waals surface area contributed by atoms with Gasteiger partial charge in [0.15, 0.2) is 0 Å².